The zero-order chi connectivity index (χ0) is 23.2. The van der Waals surface area contributed by atoms with E-state index in [1.807, 2.05) is 12.4 Å². The first-order valence-electron chi connectivity index (χ1n) is 11.5. The third-order valence-corrected chi connectivity index (χ3v) is 6.09. The van der Waals surface area contributed by atoms with Crippen LogP contribution < -0.4 is 0 Å². The monoisotopic (exact) mass is 435 g/mol. The summed E-state index contributed by atoms with van der Waals surface area (Å²) < 4.78 is 6.00. The fourth-order valence-electron chi connectivity index (χ4n) is 4.53. The number of benzene rings is 2. The van der Waals surface area contributed by atoms with Crippen LogP contribution in [0.1, 0.15) is 45.7 Å². The summed E-state index contributed by atoms with van der Waals surface area (Å²) in [5, 5.41) is 3.50. The minimum atomic E-state index is 0.0186. The Morgan fingerprint density at radius 2 is 1.70 bits per heavy atom. The first-order chi connectivity index (χ1) is 15.8. The van der Waals surface area contributed by atoms with Gasteiger partial charge in [-0.15, -0.1) is 0 Å². The number of aromatic nitrogens is 3. The molecule has 0 atom stereocenters. The highest BCUT2D eigenvalue weighted by atomic mass is 16.3. The van der Waals surface area contributed by atoms with Gasteiger partial charge in [-0.25, -0.2) is 9.97 Å². The first kappa shape index (κ1) is 21.3. The van der Waals surface area contributed by atoms with E-state index in [1.165, 1.54) is 16.3 Å². The van der Waals surface area contributed by atoms with Gasteiger partial charge in [-0.05, 0) is 52.3 Å². The van der Waals surface area contributed by atoms with Gasteiger partial charge in [0.2, 0.25) is 0 Å². The van der Waals surface area contributed by atoms with Crippen molar-refractivity contribution in [2.75, 3.05) is 0 Å². The van der Waals surface area contributed by atoms with E-state index in [4.69, 9.17) is 4.42 Å². The predicted octanol–water partition coefficient (Wildman–Crippen LogP) is 7.60. The van der Waals surface area contributed by atoms with Crippen LogP contribution in [-0.4, -0.2) is 15.0 Å². The van der Waals surface area contributed by atoms with Crippen LogP contribution in [0.3, 0.4) is 0 Å². The molecule has 0 aliphatic carbocycles. The Morgan fingerprint density at radius 3 is 2.48 bits per heavy atom. The summed E-state index contributed by atoms with van der Waals surface area (Å²) in [7, 11) is 0. The van der Waals surface area contributed by atoms with Crippen molar-refractivity contribution in [3.63, 3.8) is 0 Å². The average molecular weight is 436 g/mol. The molecule has 0 radical (unpaired) electrons. The fourth-order valence-corrected chi connectivity index (χ4v) is 4.53. The molecule has 0 saturated carbocycles. The summed E-state index contributed by atoms with van der Waals surface area (Å²) in [5.74, 6) is 0.529. The predicted molar refractivity (Wildman–Crippen MR) is 135 cm³/mol. The summed E-state index contributed by atoms with van der Waals surface area (Å²) >= 11 is 0. The van der Waals surface area contributed by atoms with Crippen LogP contribution in [0.2, 0.25) is 0 Å². The van der Waals surface area contributed by atoms with Crippen LogP contribution in [-0.2, 0) is 11.8 Å². The highest BCUT2D eigenvalue weighted by molar-refractivity contribution is 5.95. The Kier molecular flexibility index (Phi) is 5.24. The van der Waals surface area contributed by atoms with Crippen molar-refractivity contribution < 1.29 is 4.42 Å². The smallest absolute Gasteiger partial charge is 0.140 e. The normalized spacial score (nSPS) is 12.2. The second-order valence-corrected chi connectivity index (χ2v) is 10.2. The van der Waals surface area contributed by atoms with Gasteiger partial charge in [-0.2, -0.15) is 0 Å². The summed E-state index contributed by atoms with van der Waals surface area (Å²) in [6, 6.07) is 15.1. The molecule has 33 heavy (non-hydrogen) atoms. The quantitative estimate of drug-likeness (QED) is 0.292. The van der Waals surface area contributed by atoms with Crippen molar-refractivity contribution >= 4 is 21.7 Å². The minimum Gasteiger partial charge on any atom is -0.463 e. The lowest BCUT2D eigenvalue weighted by Crippen LogP contribution is -2.12. The lowest BCUT2D eigenvalue weighted by molar-refractivity contribution is 0.594. The molecule has 3 aromatic heterocycles. The second-order valence-electron chi connectivity index (χ2n) is 10.2. The van der Waals surface area contributed by atoms with Crippen molar-refractivity contribution in [3.05, 3.63) is 78.6 Å². The zero-order valence-electron chi connectivity index (χ0n) is 19.9. The third-order valence-electron chi connectivity index (χ3n) is 6.09. The standard InChI is InChI=1S/C29H29N3O/c1-18(2)10-21-14-30-15-23-24(16-33-28(21)23)27-13-26(31-17-32-27)20-11-19-8-6-7-9-22(19)25(12-20)29(3,4)5/h6-9,11-18H,10H2,1-5H3. The van der Waals surface area contributed by atoms with Gasteiger partial charge in [0.25, 0.3) is 0 Å². The molecule has 0 amide bonds. The maximum Gasteiger partial charge on any atom is 0.140 e. The third kappa shape index (κ3) is 4.02. The molecule has 4 heteroatoms. The molecule has 0 bridgehead atoms. The molecule has 0 aliphatic heterocycles. The van der Waals surface area contributed by atoms with E-state index in [-0.39, 0.29) is 5.41 Å². The van der Waals surface area contributed by atoms with Crippen LogP contribution in [0.15, 0.2) is 71.9 Å². The van der Waals surface area contributed by atoms with Crippen LogP contribution in [0.5, 0.6) is 0 Å². The number of fused-ring (bicyclic) bond motifs is 2. The maximum atomic E-state index is 6.00. The van der Waals surface area contributed by atoms with Crippen molar-refractivity contribution in [1.82, 2.24) is 15.0 Å². The topological polar surface area (TPSA) is 51.8 Å². The Hall–Kier alpha value is -3.53. The summed E-state index contributed by atoms with van der Waals surface area (Å²) in [6.07, 6.45) is 8.14. The number of furan rings is 1. The molecule has 166 valence electrons. The lowest BCUT2D eigenvalue weighted by atomic mass is 9.82. The molecule has 0 saturated heterocycles. The van der Waals surface area contributed by atoms with Crippen molar-refractivity contribution in [1.29, 1.82) is 0 Å². The number of hydrogen-bond acceptors (Lipinski definition) is 4. The van der Waals surface area contributed by atoms with E-state index in [1.54, 1.807) is 12.6 Å². The van der Waals surface area contributed by atoms with Crippen molar-refractivity contribution in [3.8, 4) is 22.5 Å². The molecule has 2 aromatic carbocycles. The van der Waals surface area contributed by atoms with Crippen molar-refractivity contribution in [2.24, 2.45) is 5.92 Å². The van der Waals surface area contributed by atoms with E-state index in [2.05, 4.69) is 92.0 Å². The summed E-state index contributed by atoms with van der Waals surface area (Å²) in [6.45, 7) is 11.2. The molecule has 0 N–H and O–H groups in total. The Balaban J connectivity index is 1.64. The summed E-state index contributed by atoms with van der Waals surface area (Å²) in [5.41, 5.74) is 7.14. The Bertz CT molecular complexity index is 1460. The number of nitrogens with zero attached hydrogens (tertiary/aromatic N) is 3. The average Bonchev–Trinajstić information content (AvgIpc) is 3.23. The lowest BCUT2D eigenvalue weighted by Gasteiger charge is -2.22. The van der Waals surface area contributed by atoms with Gasteiger partial charge in [0.15, 0.2) is 0 Å². The van der Waals surface area contributed by atoms with Gasteiger partial charge in [-0.3, -0.25) is 4.98 Å². The van der Waals surface area contributed by atoms with E-state index < -0.39 is 0 Å². The van der Waals surface area contributed by atoms with Crippen LogP contribution in [0.25, 0.3) is 44.3 Å². The van der Waals surface area contributed by atoms with Gasteiger partial charge in [0, 0.05) is 34.5 Å². The number of hydrogen-bond donors (Lipinski definition) is 0. The van der Waals surface area contributed by atoms with Gasteiger partial charge >= 0.3 is 0 Å². The van der Waals surface area contributed by atoms with Gasteiger partial charge in [-0.1, -0.05) is 58.9 Å². The van der Waals surface area contributed by atoms with E-state index in [0.717, 1.165) is 45.5 Å². The second kappa shape index (κ2) is 8.11. The molecular weight excluding hydrogens is 406 g/mol. The van der Waals surface area contributed by atoms with Crippen LogP contribution in [0.4, 0.5) is 0 Å². The van der Waals surface area contributed by atoms with Crippen LogP contribution >= 0.6 is 0 Å². The Morgan fingerprint density at radius 1 is 0.909 bits per heavy atom. The van der Waals surface area contributed by atoms with Gasteiger partial charge in [0.1, 0.15) is 18.2 Å². The maximum absolute atomic E-state index is 6.00. The number of rotatable bonds is 4. The molecule has 3 heterocycles. The molecular formula is C29H29N3O. The molecule has 0 aliphatic rings. The van der Waals surface area contributed by atoms with E-state index >= 15 is 0 Å². The highest BCUT2D eigenvalue weighted by Gasteiger charge is 2.19. The van der Waals surface area contributed by atoms with E-state index in [0.29, 0.717) is 5.92 Å². The van der Waals surface area contributed by atoms with Crippen molar-refractivity contribution in [2.45, 2.75) is 46.5 Å². The minimum absolute atomic E-state index is 0.0186. The van der Waals surface area contributed by atoms with E-state index in [9.17, 15) is 0 Å². The van der Waals surface area contributed by atoms with Gasteiger partial charge < -0.3 is 4.42 Å². The van der Waals surface area contributed by atoms with Gasteiger partial charge in [0.05, 0.1) is 11.4 Å². The largest absolute Gasteiger partial charge is 0.463 e. The zero-order valence-corrected chi connectivity index (χ0v) is 19.9. The molecule has 0 unspecified atom stereocenters. The number of pyridine rings is 1. The molecule has 5 rings (SSSR count). The molecule has 5 aromatic rings. The fraction of sp³-hybridized carbons (Fsp3) is 0.276. The SMILES string of the molecule is CC(C)Cc1cncc2c(-c3cc(-c4cc(C(C)(C)C)c5ccccc5c4)ncn3)coc12. The molecule has 4 nitrogen and oxygen atoms in total. The first-order valence-corrected chi connectivity index (χ1v) is 11.5. The molecule has 0 fully saturated rings. The highest BCUT2D eigenvalue weighted by Crippen LogP contribution is 2.36. The van der Waals surface area contributed by atoms with Crippen LogP contribution in [0, 0.1) is 5.92 Å². The summed E-state index contributed by atoms with van der Waals surface area (Å²) in [4.78, 5) is 13.7. The molecule has 0 spiro atoms. The Labute approximate surface area is 194 Å².